The van der Waals surface area contributed by atoms with Gasteiger partial charge in [-0.1, -0.05) is 0 Å². The van der Waals surface area contributed by atoms with Crippen LogP contribution in [0.25, 0.3) is 0 Å². The highest BCUT2D eigenvalue weighted by Crippen LogP contribution is 2.14. The number of ether oxygens (including phenoxy) is 1. The summed E-state index contributed by atoms with van der Waals surface area (Å²) >= 11 is 1.65. The third-order valence-corrected chi connectivity index (χ3v) is 3.07. The molecule has 18 heavy (non-hydrogen) atoms. The molecule has 0 fully saturated rings. The van der Waals surface area contributed by atoms with Crippen LogP contribution in [0.4, 0.5) is 11.6 Å². The molecule has 0 aliphatic carbocycles. The summed E-state index contributed by atoms with van der Waals surface area (Å²) in [5, 5.41) is 4.19. The molecule has 7 heteroatoms. The van der Waals surface area contributed by atoms with Gasteiger partial charge in [-0.15, -0.1) is 11.3 Å². The SMILES string of the molecule is COCc1nc(N)cc(NCc2ncc(C)s2)n1. The summed E-state index contributed by atoms with van der Waals surface area (Å²) in [7, 11) is 1.60. The van der Waals surface area contributed by atoms with Crippen molar-refractivity contribution in [2.75, 3.05) is 18.2 Å². The second kappa shape index (κ2) is 5.74. The molecular weight excluding hydrogens is 250 g/mol. The Labute approximate surface area is 109 Å². The first-order valence-corrected chi connectivity index (χ1v) is 6.26. The van der Waals surface area contributed by atoms with Crippen molar-refractivity contribution in [2.45, 2.75) is 20.1 Å². The number of nitrogen functional groups attached to an aromatic ring is 1. The summed E-state index contributed by atoms with van der Waals surface area (Å²) in [6.07, 6.45) is 1.85. The number of aryl methyl sites for hydroxylation is 1. The van der Waals surface area contributed by atoms with E-state index in [0.29, 0.717) is 30.6 Å². The van der Waals surface area contributed by atoms with E-state index in [4.69, 9.17) is 10.5 Å². The minimum atomic E-state index is 0.343. The summed E-state index contributed by atoms with van der Waals surface area (Å²) in [4.78, 5) is 13.8. The van der Waals surface area contributed by atoms with Gasteiger partial charge in [0.1, 0.15) is 23.3 Å². The lowest BCUT2D eigenvalue weighted by Gasteiger charge is -2.06. The second-order valence-electron chi connectivity index (χ2n) is 3.75. The molecule has 2 aromatic rings. The molecule has 0 bridgehead atoms. The van der Waals surface area contributed by atoms with Gasteiger partial charge in [-0.05, 0) is 6.92 Å². The van der Waals surface area contributed by atoms with Gasteiger partial charge in [-0.2, -0.15) is 0 Å². The summed E-state index contributed by atoms with van der Waals surface area (Å²) in [5.41, 5.74) is 5.70. The number of thiazole rings is 1. The minimum absolute atomic E-state index is 0.343. The molecule has 2 heterocycles. The number of anilines is 2. The van der Waals surface area contributed by atoms with Crippen LogP contribution in [-0.2, 0) is 17.9 Å². The van der Waals surface area contributed by atoms with Crippen LogP contribution in [0.3, 0.4) is 0 Å². The van der Waals surface area contributed by atoms with Crippen LogP contribution in [0.2, 0.25) is 0 Å². The van der Waals surface area contributed by atoms with Gasteiger partial charge >= 0.3 is 0 Å². The Hall–Kier alpha value is -1.73. The molecule has 0 aliphatic heterocycles. The van der Waals surface area contributed by atoms with Crippen molar-refractivity contribution in [3.63, 3.8) is 0 Å². The smallest absolute Gasteiger partial charge is 0.158 e. The van der Waals surface area contributed by atoms with Gasteiger partial charge in [0.05, 0.1) is 6.54 Å². The molecule has 0 saturated heterocycles. The van der Waals surface area contributed by atoms with Gasteiger partial charge in [-0.25, -0.2) is 15.0 Å². The highest BCUT2D eigenvalue weighted by molar-refractivity contribution is 7.11. The van der Waals surface area contributed by atoms with Crippen molar-refractivity contribution >= 4 is 23.0 Å². The van der Waals surface area contributed by atoms with Crippen LogP contribution in [0.15, 0.2) is 12.3 Å². The van der Waals surface area contributed by atoms with Crippen molar-refractivity contribution in [1.82, 2.24) is 15.0 Å². The van der Waals surface area contributed by atoms with E-state index in [-0.39, 0.29) is 0 Å². The molecule has 2 rings (SSSR count). The average molecular weight is 265 g/mol. The molecule has 6 nitrogen and oxygen atoms in total. The van der Waals surface area contributed by atoms with E-state index in [0.717, 1.165) is 5.01 Å². The molecule has 0 spiro atoms. The maximum absolute atomic E-state index is 5.70. The van der Waals surface area contributed by atoms with Crippen molar-refractivity contribution in [2.24, 2.45) is 0 Å². The van der Waals surface area contributed by atoms with Crippen molar-refractivity contribution < 1.29 is 4.74 Å². The predicted molar refractivity (Wildman–Crippen MR) is 71.3 cm³/mol. The zero-order chi connectivity index (χ0) is 13.0. The molecular formula is C11H15N5OS. The molecule has 0 amide bonds. The number of methoxy groups -OCH3 is 1. The molecule has 0 atom stereocenters. The third-order valence-electron chi connectivity index (χ3n) is 2.16. The molecule has 0 radical (unpaired) electrons. The Morgan fingerprint density at radius 1 is 1.44 bits per heavy atom. The second-order valence-corrected chi connectivity index (χ2v) is 5.06. The molecule has 3 N–H and O–H groups in total. The van der Waals surface area contributed by atoms with Gasteiger partial charge in [-0.3, -0.25) is 0 Å². The Morgan fingerprint density at radius 2 is 2.28 bits per heavy atom. The normalized spacial score (nSPS) is 10.6. The number of hydrogen-bond acceptors (Lipinski definition) is 7. The largest absolute Gasteiger partial charge is 0.384 e. The highest BCUT2D eigenvalue weighted by atomic mass is 32.1. The summed E-state index contributed by atoms with van der Waals surface area (Å²) in [5.74, 6) is 1.67. The van der Waals surface area contributed by atoms with Crippen molar-refractivity contribution in [3.05, 3.63) is 28.0 Å². The molecule has 0 aliphatic rings. The van der Waals surface area contributed by atoms with Crippen LogP contribution >= 0.6 is 11.3 Å². The number of nitrogens with two attached hydrogens (primary N) is 1. The summed E-state index contributed by atoms with van der Waals surface area (Å²) in [6.45, 7) is 3.00. The summed E-state index contributed by atoms with van der Waals surface area (Å²) < 4.78 is 4.99. The van der Waals surface area contributed by atoms with Crippen molar-refractivity contribution in [3.8, 4) is 0 Å². The molecule has 2 aromatic heterocycles. The number of nitrogens with one attached hydrogen (secondary N) is 1. The topological polar surface area (TPSA) is 86.0 Å². The number of aromatic nitrogens is 3. The maximum Gasteiger partial charge on any atom is 0.158 e. The zero-order valence-electron chi connectivity index (χ0n) is 10.3. The predicted octanol–water partition coefficient (Wildman–Crippen LogP) is 1.58. The molecule has 96 valence electrons. The quantitative estimate of drug-likeness (QED) is 0.853. The van der Waals surface area contributed by atoms with Gasteiger partial charge in [0.25, 0.3) is 0 Å². The van der Waals surface area contributed by atoms with Crippen molar-refractivity contribution in [1.29, 1.82) is 0 Å². The van der Waals surface area contributed by atoms with E-state index in [2.05, 4.69) is 20.3 Å². The number of hydrogen-bond donors (Lipinski definition) is 2. The van der Waals surface area contributed by atoms with Gasteiger partial charge in [0.2, 0.25) is 0 Å². The zero-order valence-corrected chi connectivity index (χ0v) is 11.1. The Morgan fingerprint density at radius 3 is 2.94 bits per heavy atom. The molecule has 0 saturated carbocycles. The first-order valence-electron chi connectivity index (χ1n) is 5.45. The van der Waals surface area contributed by atoms with Gasteiger partial charge < -0.3 is 15.8 Å². The molecule has 0 unspecified atom stereocenters. The van der Waals surface area contributed by atoms with E-state index in [1.807, 2.05) is 13.1 Å². The van der Waals surface area contributed by atoms with E-state index in [1.165, 1.54) is 4.88 Å². The van der Waals surface area contributed by atoms with Crippen LogP contribution in [0.5, 0.6) is 0 Å². The highest BCUT2D eigenvalue weighted by Gasteiger charge is 2.04. The Kier molecular flexibility index (Phi) is 4.06. The minimum Gasteiger partial charge on any atom is -0.384 e. The van der Waals surface area contributed by atoms with Crippen LogP contribution in [0, 0.1) is 6.92 Å². The third kappa shape index (κ3) is 3.38. The average Bonchev–Trinajstić information content (AvgIpc) is 2.72. The van der Waals surface area contributed by atoms with E-state index in [9.17, 15) is 0 Å². The summed E-state index contributed by atoms with van der Waals surface area (Å²) in [6, 6.07) is 1.69. The number of rotatable bonds is 5. The van der Waals surface area contributed by atoms with E-state index in [1.54, 1.807) is 24.5 Å². The first-order chi connectivity index (χ1) is 8.67. The van der Waals surface area contributed by atoms with E-state index >= 15 is 0 Å². The van der Waals surface area contributed by atoms with Crippen LogP contribution in [-0.4, -0.2) is 22.1 Å². The van der Waals surface area contributed by atoms with Gasteiger partial charge in [0, 0.05) is 24.3 Å². The first kappa shape index (κ1) is 12.7. The Balaban J connectivity index is 2.04. The fourth-order valence-electron chi connectivity index (χ4n) is 1.45. The lowest BCUT2D eigenvalue weighted by Crippen LogP contribution is -2.07. The lowest BCUT2D eigenvalue weighted by molar-refractivity contribution is 0.178. The maximum atomic E-state index is 5.70. The van der Waals surface area contributed by atoms with Crippen LogP contribution < -0.4 is 11.1 Å². The fraction of sp³-hybridized carbons (Fsp3) is 0.364. The molecule has 0 aromatic carbocycles. The monoisotopic (exact) mass is 265 g/mol. The van der Waals surface area contributed by atoms with Crippen LogP contribution in [0.1, 0.15) is 15.7 Å². The standard InChI is InChI=1S/C11H15N5OS/c1-7-4-14-11(18-7)5-13-9-3-8(12)15-10(16-9)6-17-2/h3-4H,5-6H2,1-2H3,(H3,12,13,15,16). The Bertz CT molecular complexity index is 528. The lowest BCUT2D eigenvalue weighted by atomic mass is 10.5. The number of nitrogens with zero attached hydrogens (tertiary/aromatic N) is 3. The van der Waals surface area contributed by atoms with E-state index < -0.39 is 0 Å². The fourth-order valence-corrected chi connectivity index (χ4v) is 2.18. The van der Waals surface area contributed by atoms with Gasteiger partial charge in [0.15, 0.2) is 5.82 Å².